The van der Waals surface area contributed by atoms with E-state index in [1.165, 1.54) is 38.2 Å². The van der Waals surface area contributed by atoms with Gasteiger partial charge in [-0.05, 0) is 56.7 Å². The Kier molecular flexibility index (Phi) is 3.72. The smallest absolute Gasteiger partial charge is 0.126 e. The number of anilines is 1. The van der Waals surface area contributed by atoms with Crippen LogP contribution in [0.5, 0.6) is 0 Å². The molecule has 1 saturated heterocycles. The van der Waals surface area contributed by atoms with E-state index >= 15 is 0 Å². The molecule has 1 aromatic rings. The van der Waals surface area contributed by atoms with Gasteiger partial charge in [-0.1, -0.05) is 12.8 Å². The largest absolute Gasteiger partial charge is 0.389 e. The number of halogens is 1. The molecule has 2 aliphatic rings. The van der Waals surface area contributed by atoms with E-state index < -0.39 is 6.10 Å². The topological polar surface area (TPSA) is 23.5 Å². The predicted molar refractivity (Wildman–Crippen MR) is 79.5 cm³/mol. The van der Waals surface area contributed by atoms with Gasteiger partial charge in [-0.15, -0.1) is 0 Å². The SMILES string of the molecule is Cc1cc(N2CCC3CCCCC32)c([C@H](C)O)cc1F. The fourth-order valence-electron chi connectivity index (χ4n) is 3.97. The monoisotopic (exact) mass is 277 g/mol. The summed E-state index contributed by atoms with van der Waals surface area (Å²) in [5.74, 6) is 0.569. The van der Waals surface area contributed by atoms with E-state index in [1.54, 1.807) is 13.8 Å². The zero-order chi connectivity index (χ0) is 14.3. The summed E-state index contributed by atoms with van der Waals surface area (Å²) in [4.78, 5) is 2.43. The number of hydrogen-bond acceptors (Lipinski definition) is 2. The Labute approximate surface area is 120 Å². The fraction of sp³-hybridized carbons (Fsp3) is 0.647. The van der Waals surface area contributed by atoms with Crippen molar-refractivity contribution in [3.8, 4) is 0 Å². The van der Waals surface area contributed by atoms with Crippen molar-refractivity contribution in [3.05, 3.63) is 29.1 Å². The molecule has 1 aliphatic carbocycles. The first kappa shape index (κ1) is 13.9. The van der Waals surface area contributed by atoms with Crippen molar-refractivity contribution < 1.29 is 9.50 Å². The molecule has 0 aromatic heterocycles. The molecule has 0 bridgehead atoms. The Morgan fingerprint density at radius 1 is 1.25 bits per heavy atom. The number of rotatable bonds is 2. The molecular weight excluding hydrogens is 253 g/mol. The maximum absolute atomic E-state index is 13.8. The zero-order valence-corrected chi connectivity index (χ0v) is 12.4. The predicted octanol–water partition coefficient (Wildman–Crippen LogP) is 3.96. The molecule has 3 heteroatoms. The molecule has 0 radical (unpaired) electrons. The second kappa shape index (κ2) is 5.36. The Morgan fingerprint density at radius 3 is 2.75 bits per heavy atom. The van der Waals surface area contributed by atoms with Gasteiger partial charge in [0.2, 0.25) is 0 Å². The van der Waals surface area contributed by atoms with Crippen LogP contribution >= 0.6 is 0 Å². The quantitative estimate of drug-likeness (QED) is 0.884. The van der Waals surface area contributed by atoms with E-state index in [2.05, 4.69) is 4.90 Å². The average Bonchev–Trinajstić information content (AvgIpc) is 2.85. The first-order valence-electron chi connectivity index (χ1n) is 7.82. The maximum atomic E-state index is 13.8. The fourth-order valence-corrected chi connectivity index (χ4v) is 3.97. The van der Waals surface area contributed by atoms with Gasteiger partial charge >= 0.3 is 0 Å². The number of aliphatic hydroxyl groups excluding tert-OH is 1. The van der Waals surface area contributed by atoms with Crippen LogP contribution in [0.2, 0.25) is 0 Å². The molecule has 1 aromatic carbocycles. The Bertz CT molecular complexity index is 500. The number of fused-ring (bicyclic) bond motifs is 1. The average molecular weight is 277 g/mol. The van der Waals surface area contributed by atoms with Gasteiger partial charge in [0.05, 0.1) is 6.10 Å². The molecule has 3 rings (SSSR count). The minimum absolute atomic E-state index is 0.218. The van der Waals surface area contributed by atoms with E-state index in [4.69, 9.17) is 0 Å². The summed E-state index contributed by atoms with van der Waals surface area (Å²) in [6, 6.07) is 4.03. The number of benzene rings is 1. The molecule has 1 aliphatic heterocycles. The van der Waals surface area contributed by atoms with Gasteiger partial charge in [-0.25, -0.2) is 4.39 Å². The molecule has 0 spiro atoms. The van der Waals surface area contributed by atoms with Gasteiger partial charge in [-0.3, -0.25) is 0 Å². The highest BCUT2D eigenvalue weighted by Gasteiger charge is 2.36. The van der Waals surface area contributed by atoms with Crippen LogP contribution in [0.25, 0.3) is 0 Å². The van der Waals surface area contributed by atoms with Crippen LogP contribution in [0.1, 0.15) is 56.3 Å². The molecular formula is C17H24FNO. The molecule has 0 amide bonds. The van der Waals surface area contributed by atoms with Crippen molar-refractivity contribution in [2.75, 3.05) is 11.4 Å². The lowest BCUT2D eigenvalue weighted by molar-refractivity contribution is 0.199. The van der Waals surface area contributed by atoms with Gasteiger partial charge in [0, 0.05) is 23.8 Å². The van der Waals surface area contributed by atoms with E-state index in [9.17, 15) is 9.50 Å². The molecule has 3 atom stereocenters. The van der Waals surface area contributed by atoms with Crippen LogP contribution in [-0.4, -0.2) is 17.7 Å². The molecule has 2 nitrogen and oxygen atoms in total. The first-order chi connectivity index (χ1) is 9.58. The minimum Gasteiger partial charge on any atom is -0.389 e. The second-order valence-corrected chi connectivity index (χ2v) is 6.43. The molecule has 1 heterocycles. The Morgan fingerprint density at radius 2 is 2.00 bits per heavy atom. The summed E-state index contributed by atoms with van der Waals surface area (Å²) in [6.45, 7) is 4.57. The first-order valence-corrected chi connectivity index (χ1v) is 7.82. The summed E-state index contributed by atoms with van der Waals surface area (Å²) in [6.07, 6.45) is 5.82. The van der Waals surface area contributed by atoms with Crippen LogP contribution in [0.15, 0.2) is 12.1 Å². The van der Waals surface area contributed by atoms with Crippen LogP contribution in [0.4, 0.5) is 10.1 Å². The Hall–Kier alpha value is -1.09. The van der Waals surface area contributed by atoms with Crippen molar-refractivity contribution in [2.45, 2.75) is 58.1 Å². The lowest BCUT2D eigenvalue weighted by Crippen LogP contribution is -2.35. The highest BCUT2D eigenvalue weighted by molar-refractivity contribution is 5.58. The maximum Gasteiger partial charge on any atom is 0.126 e. The number of aryl methyl sites for hydroxylation is 1. The van der Waals surface area contributed by atoms with Crippen LogP contribution < -0.4 is 4.90 Å². The third-order valence-corrected chi connectivity index (χ3v) is 5.08. The van der Waals surface area contributed by atoms with E-state index in [-0.39, 0.29) is 5.82 Å². The van der Waals surface area contributed by atoms with E-state index in [0.29, 0.717) is 11.6 Å². The lowest BCUT2D eigenvalue weighted by atomic mass is 9.85. The number of hydrogen-bond donors (Lipinski definition) is 1. The molecule has 20 heavy (non-hydrogen) atoms. The summed E-state index contributed by atoms with van der Waals surface area (Å²) < 4.78 is 13.8. The molecule has 2 fully saturated rings. The Balaban J connectivity index is 1.98. The standard InChI is InChI=1S/C17H24FNO/c1-11-9-17(14(12(2)20)10-15(11)18)19-8-7-13-5-3-4-6-16(13)19/h9-10,12-13,16,20H,3-8H2,1-2H3/t12-,13?,16?/m0/s1. The summed E-state index contributed by atoms with van der Waals surface area (Å²) in [5.41, 5.74) is 2.45. The van der Waals surface area contributed by atoms with Crippen molar-refractivity contribution in [2.24, 2.45) is 5.92 Å². The summed E-state index contributed by atoms with van der Waals surface area (Å²) in [7, 11) is 0. The van der Waals surface area contributed by atoms with Gasteiger partial charge in [-0.2, -0.15) is 0 Å². The van der Waals surface area contributed by atoms with Gasteiger partial charge in [0.15, 0.2) is 0 Å². The summed E-state index contributed by atoms with van der Waals surface area (Å²) >= 11 is 0. The van der Waals surface area contributed by atoms with Gasteiger partial charge in [0.1, 0.15) is 5.82 Å². The van der Waals surface area contributed by atoms with Crippen molar-refractivity contribution in [3.63, 3.8) is 0 Å². The summed E-state index contributed by atoms with van der Waals surface area (Å²) in [5, 5.41) is 9.98. The highest BCUT2D eigenvalue weighted by Crippen LogP contribution is 2.41. The normalized spacial score (nSPS) is 27.5. The van der Waals surface area contributed by atoms with Crippen LogP contribution in [0.3, 0.4) is 0 Å². The molecule has 2 unspecified atom stereocenters. The number of aliphatic hydroxyl groups is 1. The van der Waals surface area contributed by atoms with Crippen LogP contribution in [-0.2, 0) is 0 Å². The highest BCUT2D eigenvalue weighted by atomic mass is 19.1. The minimum atomic E-state index is -0.622. The lowest BCUT2D eigenvalue weighted by Gasteiger charge is -2.35. The van der Waals surface area contributed by atoms with Crippen LogP contribution in [0, 0.1) is 18.7 Å². The molecule has 1 saturated carbocycles. The third kappa shape index (κ3) is 2.32. The van der Waals surface area contributed by atoms with Crippen molar-refractivity contribution in [1.82, 2.24) is 0 Å². The van der Waals surface area contributed by atoms with Gasteiger partial charge in [0.25, 0.3) is 0 Å². The van der Waals surface area contributed by atoms with E-state index in [1.807, 2.05) is 6.07 Å². The molecule has 1 N–H and O–H groups in total. The van der Waals surface area contributed by atoms with Crippen molar-refractivity contribution >= 4 is 5.69 Å². The van der Waals surface area contributed by atoms with Gasteiger partial charge < -0.3 is 10.0 Å². The molecule has 110 valence electrons. The second-order valence-electron chi connectivity index (χ2n) is 6.43. The van der Waals surface area contributed by atoms with Crippen molar-refractivity contribution in [1.29, 1.82) is 0 Å². The van der Waals surface area contributed by atoms with E-state index in [0.717, 1.165) is 23.7 Å². The number of nitrogens with zero attached hydrogens (tertiary/aromatic N) is 1. The zero-order valence-electron chi connectivity index (χ0n) is 12.4. The third-order valence-electron chi connectivity index (χ3n) is 5.08.